The number of carboxylic acid groups (broad SMARTS) is 1. The monoisotopic (exact) mass is 429 g/mol. The van der Waals surface area contributed by atoms with E-state index in [0.29, 0.717) is 31.4 Å². The maximum absolute atomic E-state index is 10.8. The highest BCUT2D eigenvalue weighted by molar-refractivity contribution is 5.86. The molecule has 4 aromatic rings. The van der Waals surface area contributed by atoms with E-state index in [1.807, 2.05) is 36.5 Å². The molecule has 0 spiro atoms. The molecule has 0 fully saturated rings. The van der Waals surface area contributed by atoms with Crippen molar-refractivity contribution in [2.75, 3.05) is 19.8 Å². The highest BCUT2D eigenvalue weighted by atomic mass is 16.5. The number of aliphatic carboxylic acids is 1. The van der Waals surface area contributed by atoms with Crippen LogP contribution in [0.5, 0.6) is 5.75 Å². The first-order valence-corrected chi connectivity index (χ1v) is 10.8. The van der Waals surface area contributed by atoms with Crippen LogP contribution in [-0.4, -0.2) is 35.5 Å². The topological polar surface area (TPSA) is 60.7 Å². The van der Waals surface area contributed by atoms with Crippen molar-refractivity contribution < 1.29 is 19.4 Å². The van der Waals surface area contributed by atoms with Crippen LogP contribution in [0.1, 0.15) is 23.5 Å². The smallest absolute Gasteiger partial charge is 0.341 e. The van der Waals surface area contributed by atoms with Crippen molar-refractivity contribution in [3.05, 3.63) is 102 Å². The number of carbonyl (C=O) groups is 1. The lowest BCUT2D eigenvalue weighted by atomic mass is 9.89. The van der Waals surface area contributed by atoms with Crippen LogP contribution in [0.4, 0.5) is 0 Å². The van der Waals surface area contributed by atoms with Crippen LogP contribution in [-0.2, 0) is 16.1 Å². The van der Waals surface area contributed by atoms with Gasteiger partial charge >= 0.3 is 5.97 Å². The second-order valence-corrected chi connectivity index (χ2v) is 7.66. The molecule has 5 nitrogen and oxygen atoms in total. The Kier molecular flexibility index (Phi) is 7.20. The van der Waals surface area contributed by atoms with E-state index in [0.717, 1.165) is 17.3 Å². The Hall–Kier alpha value is -3.57. The van der Waals surface area contributed by atoms with Gasteiger partial charge in [-0.2, -0.15) is 0 Å². The first-order valence-electron chi connectivity index (χ1n) is 10.8. The fourth-order valence-electron chi connectivity index (χ4n) is 4.02. The van der Waals surface area contributed by atoms with Crippen molar-refractivity contribution in [3.8, 4) is 5.75 Å². The van der Waals surface area contributed by atoms with E-state index in [1.54, 1.807) is 6.07 Å². The molecule has 1 aromatic heterocycles. The SMILES string of the molecule is O=C(O)COc1cccc2c1ccn2CCOCCC(c1ccccc1)c1ccccc1. The number of carboxylic acids is 1. The van der Waals surface area contributed by atoms with Gasteiger partial charge in [-0.05, 0) is 35.7 Å². The lowest BCUT2D eigenvalue weighted by molar-refractivity contribution is -0.139. The van der Waals surface area contributed by atoms with Crippen LogP contribution < -0.4 is 4.74 Å². The van der Waals surface area contributed by atoms with Crippen LogP contribution in [0.2, 0.25) is 0 Å². The van der Waals surface area contributed by atoms with Gasteiger partial charge in [-0.1, -0.05) is 66.7 Å². The summed E-state index contributed by atoms with van der Waals surface area (Å²) in [7, 11) is 0. The summed E-state index contributed by atoms with van der Waals surface area (Å²) >= 11 is 0. The number of benzene rings is 3. The van der Waals surface area contributed by atoms with Crippen molar-refractivity contribution in [2.45, 2.75) is 18.9 Å². The highest BCUT2D eigenvalue weighted by Crippen LogP contribution is 2.28. The molecule has 0 unspecified atom stereocenters. The number of hydrogen-bond donors (Lipinski definition) is 1. The summed E-state index contributed by atoms with van der Waals surface area (Å²) in [5, 5.41) is 9.76. The van der Waals surface area contributed by atoms with E-state index < -0.39 is 5.97 Å². The molecule has 0 bridgehead atoms. The van der Waals surface area contributed by atoms with Crippen LogP contribution in [0.25, 0.3) is 10.9 Å². The zero-order valence-corrected chi connectivity index (χ0v) is 17.9. The zero-order valence-electron chi connectivity index (χ0n) is 17.9. The maximum atomic E-state index is 10.8. The predicted molar refractivity (Wildman–Crippen MR) is 125 cm³/mol. The standard InChI is InChI=1S/C27H27NO4/c29-27(30)20-32-26-13-7-12-25-24(26)14-16-28(25)17-19-31-18-15-23(21-8-3-1-4-9-21)22-10-5-2-6-11-22/h1-14,16,23H,15,17-20H2,(H,29,30). The van der Waals surface area contributed by atoms with Gasteiger partial charge in [0.25, 0.3) is 0 Å². The van der Waals surface area contributed by atoms with E-state index in [-0.39, 0.29) is 6.61 Å². The molecule has 5 heteroatoms. The fourth-order valence-corrected chi connectivity index (χ4v) is 4.02. The first kappa shape index (κ1) is 21.7. The van der Waals surface area contributed by atoms with Crippen LogP contribution in [0, 0.1) is 0 Å². The van der Waals surface area contributed by atoms with Crippen molar-refractivity contribution in [1.29, 1.82) is 0 Å². The van der Waals surface area contributed by atoms with E-state index in [4.69, 9.17) is 14.6 Å². The molecule has 164 valence electrons. The Balaban J connectivity index is 1.34. The molecular weight excluding hydrogens is 402 g/mol. The van der Waals surface area contributed by atoms with Crippen LogP contribution in [0.3, 0.4) is 0 Å². The normalized spacial score (nSPS) is 11.2. The quantitative estimate of drug-likeness (QED) is 0.327. The number of fused-ring (bicyclic) bond motifs is 1. The Morgan fingerprint density at radius 1 is 0.844 bits per heavy atom. The Morgan fingerprint density at radius 2 is 1.53 bits per heavy atom. The molecule has 0 saturated carbocycles. The Bertz CT molecular complexity index is 1100. The molecule has 0 amide bonds. The summed E-state index contributed by atoms with van der Waals surface area (Å²) in [5.74, 6) is -0.101. The highest BCUT2D eigenvalue weighted by Gasteiger charge is 2.14. The molecule has 3 aromatic carbocycles. The third-order valence-electron chi connectivity index (χ3n) is 5.56. The largest absolute Gasteiger partial charge is 0.481 e. The van der Waals surface area contributed by atoms with Gasteiger partial charge in [-0.15, -0.1) is 0 Å². The summed E-state index contributed by atoms with van der Waals surface area (Å²) in [6, 6.07) is 28.7. The number of ether oxygens (including phenoxy) is 2. The number of rotatable bonds is 11. The van der Waals surface area contributed by atoms with E-state index in [2.05, 4.69) is 53.1 Å². The molecule has 0 aliphatic heterocycles. The average molecular weight is 430 g/mol. The minimum Gasteiger partial charge on any atom is -0.481 e. The first-order chi connectivity index (χ1) is 15.7. The van der Waals surface area contributed by atoms with Crippen molar-refractivity contribution in [2.24, 2.45) is 0 Å². The van der Waals surface area contributed by atoms with Gasteiger partial charge in [-0.25, -0.2) is 4.79 Å². The molecule has 0 aliphatic rings. The summed E-state index contributed by atoms with van der Waals surface area (Å²) in [6.07, 6.45) is 2.89. The van der Waals surface area contributed by atoms with Gasteiger partial charge in [0.2, 0.25) is 0 Å². The van der Waals surface area contributed by atoms with Gasteiger partial charge in [-0.3, -0.25) is 0 Å². The molecule has 0 saturated heterocycles. The lowest BCUT2D eigenvalue weighted by Gasteiger charge is -2.18. The molecule has 1 heterocycles. The van der Waals surface area contributed by atoms with Gasteiger partial charge in [0.05, 0.1) is 12.1 Å². The van der Waals surface area contributed by atoms with Crippen molar-refractivity contribution in [1.82, 2.24) is 4.57 Å². The molecule has 0 aliphatic carbocycles. The average Bonchev–Trinajstić information content (AvgIpc) is 3.25. The fraction of sp³-hybridized carbons (Fsp3) is 0.222. The second-order valence-electron chi connectivity index (χ2n) is 7.66. The van der Waals surface area contributed by atoms with Crippen LogP contribution >= 0.6 is 0 Å². The molecule has 0 atom stereocenters. The third kappa shape index (κ3) is 5.37. The summed E-state index contributed by atoms with van der Waals surface area (Å²) in [5.41, 5.74) is 3.60. The number of aromatic nitrogens is 1. The zero-order chi connectivity index (χ0) is 22.2. The number of hydrogen-bond acceptors (Lipinski definition) is 3. The summed E-state index contributed by atoms with van der Waals surface area (Å²) in [4.78, 5) is 10.8. The Morgan fingerprint density at radius 3 is 2.19 bits per heavy atom. The Labute approximate surface area is 187 Å². The second kappa shape index (κ2) is 10.6. The summed E-state index contributed by atoms with van der Waals surface area (Å²) < 4.78 is 13.5. The molecular formula is C27H27NO4. The maximum Gasteiger partial charge on any atom is 0.341 e. The molecule has 4 rings (SSSR count). The lowest BCUT2D eigenvalue weighted by Crippen LogP contribution is -2.10. The van der Waals surface area contributed by atoms with E-state index in [9.17, 15) is 4.79 Å². The van der Waals surface area contributed by atoms with E-state index >= 15 is 0 Å². The predicted octanol–water partition coefficient (Wildman–Crippen LogP) is 5.34. The molecule has 1 N–H and O–H groups in total. The molecule has 0 radical (unpaired) electrons. The summed E-state index contributed by atoms with van der Waals surface area (Å²) in [6.45, 7) is 1.63. The van der Waals surface area contributed by atoms with Crippen LogP contribution in [0.15, 0.2) is 91.1 Å². The van der Waals surface area contributed by atoms with Gasteiger partial charge in [0.1, 0.15) is 5.75 Å². The van der Waals surface area contributed by atoms with E-state index in [1.165, 1.54) is 11.1 Å². The van der Waals surface area contributed by atoms with Crippen molar-refractivity contribution in [3.63, 3.8) is 0 Å². The minimum atomic E-state index is -0.987. The van der Waals surface area contributed by atoms with Gasteiger partial charge < -0.3 is 19.1 Å². The van der Waals surface area contributed by atoms with Gasteiger partial charge in [0.15, 0.2) is 6.61 Å². The van der Waals surface area contributed by atoms with Crippen molar-refractivity contribution >= 4 is 16.9 Å². The van der Waals surface area contributed by atoms with Gasteiger partial charge in [0, 0.05) is 30.7 Å². The minimum absolute atomic E-state index is 0.304. The molecule has 32 heavy (non-hydrogen) atoms. The third-order valence-corrected chi connectivity index (χ3v) is 5.56. The number of nitrogens with zero attached hydrogens (tertiary/aromatic N) is 1.